The van der Waals surface area contributed by atoms with E-state index in [2.05, 4.69) is 47.7 Å². The molecule has 37 heavy (non-hydrogen) atoms. The van der Waals surface area contributed by atoms with Crippen molar-refractivity contribution in [3.8, 4) is 0 Å². The van der Waals surface area contributed by atoms with E-state index in [1.165, 1.54) is 12.0 Å². The Morgan fingerprint density at radius 1 is 1.05 bits per heavy atom. The molecular formula is C32H46O4Si. The lowest BCUT2D eigenvalue weighted by Gasteiger charge is -2.59. The number of ether oxygens (including phenoxy) is 1. The van der Waals surface area contributed by atoms with Crippen molar-refractivity contribution < 1.29 is 18.8 Å². The average molecular weight is 523 g/mol. The van der Waals surface area contributed by atoms with Crippen LogP contribution in [0.4, 0.5) is 0 Å². The minimum absolute atomic E-state index is 0.0395. The van der Waals surface area contributed by atoms with E-state index >= 15 is 0 Å². The van der Waals surface area contributed by atoms with Crippen molar-refractivity contribution in [3.05, 3.63) is 47.5 Å². The molecule has 0 aliphatic heterocycles. The molecule has 5 heteroatoms. The second-order valence-corrected chi connectivity index (χ2v) is 19.1. The molecule has 4 aliphatic rings. The van der Waals surface area contributed by atoms with Crippen molar-refractivity contribution in [1.29, 1.82) is 0 Å². The fraction of sp³-hybridized carbons (Fsp3) is 0.688. The number of esters is 1. The number of carbonyl (C=O) groups excluding carboxylic acids is 2. The van der Waals surface area contributed by atoms with Gasteiger partial charge in [-0.1, -0.05) is 64.8 Å². The molecule has 3 fully saturated rings. The van der Waals surface area contributed by atoms with Gasteiger partial charge in [-0.25, -0.2) is 4.79 Å². The molecule has 0 radical (unpaired) electrons. The molecule has 0 bridgehead atoms. The zero-order valence-electron chi connectivity index (χ0n) is 23.9. The summed E-state index contributed by atoms with van der Waals surface area (Å²) in [6, 6.07) is 9.33. The van der Waals surface area contributed by atoms with Crippen LogP contribution in [0, 0.1) is 28.6 Å². The molecule has 1 aromatic carbocycles. The summed E-state index contributed by atoms with van der Waals surface area (Å²) in [6.45, 7) is 16.2. The van der Waals surface area contributed by atoms with Gasteiger partial charge in [0, 0.05) is 11.8 Å². The van der Waals surface area contributed by atoms with E-state index in [-0.39, 0.29) is 57.6 Å². The van der Waals surface area contributed by atoms with Crippen LogP contribution in [-0.4, -0.2) is 32.3 Å². The molecule has 7 atom stereocenters. The topological polar surface area (TPSA) is 52.6 Å². The third kappa shape index (κ3) is 4.38. The summed E-state index contributed by atoms with van der Waals surface area (Å²) < 4.78 is 13.6. The second kappa shape index (κ2) is 9.19. The van der Waals surface area contributed by atoms with Crippen molar-refractivity contribution in [1.82, 2.24) is 0 Å². The Kier molecular flexibility index (Phi) is 6.67. The van der Waals surface area contributed by atoms with Gasteiger partial charge in [0.1, 0.15) is 6.10 Å². The van der Waals surface area contributed by atoms with E-state index in [9.17, 15) is 9.59 Å². The fourth-order valence-electron chi connectivity index (χ4n) is 8.09. The van der Waals surface area contributed by atoms with Crippen molar-refractivity contribution in [3.63, 3.8) is 0 Å². The summed E-state index contributed by atoms with van der Waals surface area (Å²) >= 11 is 0. The first-order chi connectivity index (χ1) is 17.3. The number of ketones is 1. The highest BCUT2D eigenvalue weighted by Crippen LogP contribution is 2.65. The highest BCUT2D eigenvalue weighted by Gasteiger charge is 2.65. The number of benzene rings is 1. The first-order valence-electron chi connectivity index (χ1n) is 14.5. The van der Waals surface area contributed by atoms with Crippen molar-refractivity contribution in [2.24, 2.45) is 28.6 Å². The van der Waals surface area contributed by atoms with E-state index in [1.54, 1.807) is 0 Å². The van der Waals surface area contributed by atoms with Gasteiger partial charge >= 0.3 is 5.97 Å². The van der Waals surface area contributed by atoms with E-state index in [0.29, 0.717) is 5.56 Å². The lowest BCUT2D eigenvalue weighted by Crippen LogP contribution is -2.60. The highest BCUT2D eigenvalue weighted by atomic mass is 28.4. The normalized spacial score (nSPS) is 37.8. The van der Waals surface area contributed by atoms with Crippen LogP contribution >= 0.6 is 0 Å². The van der Waals surface area contributed by atoms with E-state index in [1.807, 2.05) is 36.4 Å². The van der Waals surface area contributed by atoms with Crippen LogP contribution in [0.3, 0.4) is 0 Å². The molecule has 4 aliphatic carbocycles. The van der Waals surface area contributed by atoms with Gasteiger partial charge in [-0.05, 0) is 91.6 Å². The molecule has 202 valence electrons. The van der Waals surface area contributed by atoms with Crippen LogP contribution in [0.1, 0.15) is 89.9 Å². The molecule has 0 saturated heterocycles. The van der Waals surface area contributed by atoms with Crippen LogP contribution in [0.25, 0.3) is 0 Å². The molecule has 0 aromatic heterocycles. The smallest absolute Gasteiger partial charge is 0.338 e. The van der Waals surface area contributed by atoms with Crippen molar-refractivity contribution >= 4 is 20.1 Å². The van der Waals surface area contributed by atoms with Gasteiger partial charge in [-0.3, -0.25) is 4.79 Å². The predicted octanol–water partition coefficient (Wildman–Crippen LogP) is 7.74. The maximum atomic E-state index is 13.9. The van der Waals surface area contributed by atoms with Gasteiger partial charge in [0.2, 0.25) is 0 Å². The minimum Gasteiger partial charge on any atom is -0.458 e. The summed E-state index contributed by atoms with van der Waals surface area (Å²) in [5, 5.41) is 0.117. The Hall–Kier alpha value is -1.72. The van der Waals surface area contributed by atoms with Crippen LogP contribution in [-0.2, 0) is 14.0 Å². The highest BCUT2D eigenvalue weighted by molar-refractivity contribution is 6.74. The number of rotatable bonds is 4. The molecular weight excluding hydrogens is 476 g/mol. The molecule has 0 amide bonds. The van der Waals surface area contributed by atoms with Gasteiger partial charge in [-0.2, -0.15) is 0 Å². The number of hydrogen-bond acceptors (Lipinski definition) is 4. The molecule has 5 unspecified atom stereocenters. The maximum Gasteiger partial charge on any atom is 0.338 e. The van der Waals surface area contributed by atoms with Gasteiger partial charge in [-0.15, -0.1) is 0 Å². The molecule has 3 saturated carbocycles. The van der Waals surface area contributed by atoms with Crippen molar-refractivity contribution in [2.75, 3.05) is 0 Å². The summed E-state index contributed by atoms with van der Waals surface area (Å²) in [7, 11) is -2.01. The number of hydrogen-bond donors (Lipinski definition) is 0. The Balaban J connectivity index is 1.55. The Labute approximate surface area is 224 Å². The summed E-state index contributed by atoms with van der Waals surface area (Å²) in [5.41, 5.74) is 1.60. The molecule has 4 nitrogen and oxygen atoms in total. The van der Waals surface area contributed by atoms with Crippen LogP contribution < -0.4 is 0 Å². The average Bonchev–Trinajstić information content (AvgIpc) is 3.14. The molecule has 0 spiro atoms. The second-order valence-electron chi connectivity index (χ2n) is 14.3. The maximum absolute atomic E-state index is 13.9. The first-order valence-corrected chi connectivity index (χ1v) is 17.4. The van der Waals surface area contributed by atoms with Gasteiger partial charge in [0.15, 0.2) is 14.1 Å². The zero-order valence-corrected chi connectivity index (χ0v) is 24.9. The third-order valence-corrected chi connectivity index (χ3v) is 15.7. The van der Waals surface area contributed by atoms with E-state index in [4.69, 9.17) is 9.16 Å². The monoisotopic (exact) mass is 522 g/mol. The summed E-state index contributed by atoms with van der Waals surface area (Å²) in [4.78, 5) is 27.3. The predicted molar refractivity (Wildman–Crippen MR) is 150 cm³/mol. The van der Waals surface area contributed by atoms with Crippen LogP contribution in [0.2, 0.25) is 18.1 Å². The number of allylic oxidation sites excluding steroid dienone is 2. The fourth-order valence-corrected chi connectivity index (χ4v) is 9.54. The Morgan fingerprint density at radius 2 is 1.76 bits per heavy atom. The zero-order chi connectivity index (χ0) is 26.8. The molecule has 5 rings (SSSR count). The van der Waals surface area contributed by atoms with Gasteiger partial charge < -0.3 is 9.16 Å². The number of fused-ring (bicyclic) bond motifs is 5. The molecule has 1 aromatic rings. The van der Waals surface area contributed by atoms with Crippen LogP contribution in [0.5, 0.6) is 0 Å². The lowest BCUT2D eigenvalue weighted by atomic mass is 9.47. The molecule has 0 N–H and O–H groups in total. The van der Waals surface area contributed by atoms with Gasteiger partial charge in [0.05, 0.1) is 11.7 Å². The SMILES string of the molecule is CC(C)(C)[Si](C)(C)OC1CCC2C3C(=O)C=C4CCCC[C@]4(C)C3C(OC(=O)c3ccccc3)C[C@]12C. The van der Waals surface area contributed by atoms with Gasteiger partial charge in [0.25, 0.3) is 0 Å². The number of carbonyl (C=O) groups is 2. The minimum atomic E-state index is -2.01. The Bertz CT molecular complexity index is 1090. The van der Waals surface area contributed by atoms with Crippen molar-refractivity contribution in [2.45, 2.75) is 110 Å². The first kappa shape index (κ1) is 26.9. The van der Waals surface area contributed by atoms with Crippen LogP contribution in [0.15, 0.2) is 42.0 Å². The van der Waals surface area contributed by atoms with E-state index < -0.39 is 8.32 Å². The largest absolute Gasteiger partial charge is 0.458 e. The summed E-state index contributed by atoms with van der Waals surface area (Å²) in [6.07, 6.45) is 8.94. The quantitative estimate of drug-likeness (QED) is 0.300. The summed E-state index contributed by atoms with van der Waals surface area (Å²) in [5.74, 6) is 0.200. The molecule has 0 heterocycles. The standard InChI is InChI=1S/C32H46O4Si/c1-30(2,3)37(6,7)36-26-17-16-23-27-24(33)19-22-15-11-12-18-31(22,4)28(27)25(20-32(23,26)5)35-29(34)21-13-9-8-10-14-21/h8-10,13-14,19,23,25-28H,11-12,15-18,20H2,1-7H3/t23?,25?,26?,27?,28?,31-,32-/m0/s1. The third-order valence-electron chi connectivity index (χ3n) is 11.2. The Morgan fingerprint density at radius 3 is 2.43 bits per heavy atom. The van der Waals surface area contributed by atoms with E-state index in [0.717, 1.165) is 38.5 Å². The lowest BCUT2D eigenvalue weighted by molar-refractivity contribution is -0.155.